The zero-order valence-corrected chi connectivity index (χ0v) is 9.85. The van der Waals surface area contributed by atoms with Crippen LogP contribution in [0.3, 0.4) is 0 Å². The molecule has 3 rings (SSSR count). The Morgan fingerprint density at radius 1 is 1.11 bits per heavy atom. The number of rotatable bonds is 3. The lowest BCUT2D eigenvalue weighted by molar-refractivity contribution is 1.12. The second-order valence-corrected chi connectivity index (χ2v) is 4.19. The highest BCUT2D eigenvalue weighted by Crippen LogP contribution is 2.22. The van der Waals surface area contributed by atoms with Gasteiger partial charge in [0.1, 0.15) is 0 Å². The molecule has 0 unspecified atom stereocenters. The number of anilines is 2. The molecule has 0 spiro atoms. The van der Waals surface area contributed by atoms with E-state index in [4.69, 9.17) is 5.73 Å². The minimum Gasteiger partial charge on any atom is -0.398 e. The minimum absolute atomic E-state index is 0.705. The molecular formula is C14H14N4. The first-order valence-corrected chi connectivity index (χ1v) is 5.84. The smallest absolute Gasteiger partial charge is 0.0671 e. The number of hydrogen-bond acceptors (Lipinski definition) is 3. The molecule has 0 amide bonds. The van der Waals surface area contributed by atoms with E-state index in [1.165, 1.54) is 0 Å². The molecule has 2 aromatic carbocycles. The van der Waals surface area contributed by atoms with Crippen LogP contribution in [0.4, 0.5) is 11.4 Å². The van der Waals surface area contributed by atoms with E-state index in [0.29, 0.717) is 6.54 Å². The number of nitrogens with zero attached hydrogens (tertiary/aromatic N) is 1. The van der Waals surface area contributed by atoms with E-state index in [9.17, 15) is 0 Å². The molecule has 0 radical (unpaired) electrons. The van der Waals surface area contributed by atoms with Crippen LogP contribution in [-0.4, -0.2) is 10.2 Å². The second-order valence-electron chi connectivity index (χ2n) is 4.19. The lowest BCUT2D eigenvalue weighted by Crippen LogP contribution is -2.02. The van der Waals surface area contributed by atoms with Crippen molar-refractivity contribution in [3.05, 3.63) is 54.2 Å². The highest BCUT2D eigenvalue weighted by atomic mass is 15.1. The van der Waals surface area contributed by atoms with Crippen LogP contribution in [0.2, 0.25) is 0 Å². The third-order valence-corrected chi connectivity index (χ3v) is 3.01. The topological polar surface area (TPSA) is 66.7 Å². The van der Waals surface area contributed by atoms with E-state index in [1.54, 1.807) is 0 Å². The third kappa shape index (κ3) is 1.88. The van der Waals surface area contributed by atoms with Crippen molar-refractivity contribution in [2.45, 2.75) is 6.54 Å². The van der Waals surface area contributed by atoms with Gasteiger partial charge in [0.2, 0.25) is 0 Å². The average molecular weight is 238 g/mol. The van der Waals surface area contributed by atoms with Crippen LogP contribution in [0.5, 0.6) is 0 Å². The lowest BCUT2D eigenvalue weighted by Gasteiger charge is -2.09. The molecule has 0 fully saturated rings. The number of fused-ring (bicyclic) bond motifs is 1. The van der Waals surface area contributed by atoms with Crippen molar-refractivity contribution in [2.24, 2.45) is 0 Å². The summed E-state index contributed by atoms with van der Waals surface area (Å²) >= 11 is 0. The fourth-order valence-corrected chi connectivity index (χ4v) is 2.01. The number of nitrogens with two attached hydrogens (primary N) is 1. The van der Waals surface area contributed by atoms with Crippen LogP contribution in [-0.2, 0) is 6.54 Å². The Labute approximate surface area is 105 Å². The van der Waals surface area contributed by atoms with Gasteiger partial charge < -0.3 is 11.1 Å². The average Bonchev–Trinajstić information content (AvgIpc) is 2.86. The summed E-state index contributed by atoms with van der Waals surface area (Å²) in [5.74, 6) is 0. The standard InChI is InChI=1S/C14H14N4/c15-12-5-2-1-4-10(12)8-16-13-6-3-7-14-11(13)9-17-18-14/h1-7,9,16H,8,15H2,(H,17,18). The molecule has 0 aliphatic rings. The quantitative estimate of drug-likeness (QED) is 0.615. The van der Waals surface area contributed by atoms with Gasteiger partial charge in [0.05, 0.1) is 11.7 Å². The minimum atomic E-state index is 0.705. The van der Waals surface area contributed by atoms with Gasteiger partial charge in [0.15, 0.2) is 0 Å². The molecular weight excluding hydrogens is 224 g/mol. The Bertz CT molecular complexity index is 672. The second kappa shape index (κ2) is 4.41. The molecule has 0 aliphatic carbocycles. The number of hydrogen-bond donors (Lipinski definition) is 3. The molecule has 18 heavy (non-hydrogen) atoms. The fraction of sp³-hybridized carbons (Fsp3) is 0.0714. The van der Waals surface area contributed by atoms with Gasteiger partial charge in [-0.15, -0.1) is 0 Å². The normalized spacial score (nSPS) is 10.7. The Kier molecular flexibility index (Phi) is 2.61. The Balaban J connectivity index is 1.85. The van der Waals surface area contributed by atoms with Crippen LogP contribution in [0, 0.1) is 0 Å². The summed E-state index contributed by atoms with van der Waals surface area (Å²) in [6.07, 6.45) is 1.83. The SMILES string of the molecule is Nc1ccccc1CNc1cccc2[nH]ncc12. The molecule has 4 N–H and O–H groups in total. The van der Waals surface area contributed by atoms with E-state index in [-0.39, 0.29) is 0 Å². The number of benzene rings is 2. The number of para-hydroxylation sites is 1. The van der Waals surface area contributed by atoms with Crippen LogP contribution in [0.1, 0.15) is 5.56 Å². The monoisotopic (exact) mass is 238 g/mol. The summed E-state index contributed by atoms with van der Waals surface area (Å²) in [6.45, 7) is 0.705. The number of nitrogens with one attached hydrogen (secondary N) is 2. The maximum atomic E-state index is 5.92. The van der Waals surface area contributed by atoms with E-state index in [1.807, 2.05) is 48.7 Å². The molecule has 0 bridgehead atoms. The van der Waals surface area contributed by atoms with E-state index >= 15 is 0 Å². The predicted octanol–water partition coefficient (Wildman–Crippen LogP) is 2.76. The number of H-pyrrole nitrogens is 1. The molecule has 0 saturated carbocycles. The first-order chi connectivity index (χ1) is 8.84. The van der Waals surface area contributed by atoms with E-state index in [2.05, 4.69) is 15.5 Å². The first-order valence-electron chi connectivity index (χ1n) is 5.84. The summed E-state index contributed by atoms with van der Waals surface area (Å²) in [7, 11) is 0. The maximum absolute atomic E-state index is 5.92. The molecule has 0 aliphatic heterocycles. The van der Waals surface area contributed by atoms with Crippen LogP contribution in [0.25, 0.3) is 10.9 Å². The van der Waals surface area contributed by atoms with Gasteiger partial charge in [0.25, 0.3) is 0 Å². The van der Waals surface area contributed by atoms with Crippen LogP contribution in [0.15, 0.2) is 48.7 Å². The summed E-state index contributed by atoms with van der Waals surface area (Å²) in [5, 5.41) is 11.5. The van der Waals surface area contributed by atoms with E-state index < -0.39 is 0 Å². The van der Waals surface area contributed by atoms with Crippen molar-refractivity contribution >= 4 is 22.3 Å². The van der Waals surface area contributed by atoms with Crippen LogP contribution < -0.4 is 11.1 Å². The molecule has 1 aromatic heterocycles. The zero-order valence-electron chi connectivity index (χ0n) is 9.85. The Morgan fingerprint density at radius 3 is 2.89 bits per heavy atom. The van der Waals surface area contributed by atoms with Crippen molar-refractivity contribution in [3.8, 4) is 0 Å². The largest absolute Gasteiger partial charge is 0.398 e. The molecule has 3 aromatic rings. The van der Waals surface area contributed by atoms with Gasteiger partial charge >= 0.3 is 0 Å². The van der Waals surface area contributed by atoms with Crippen molar-refractivity contribution in [2.75, 3.05) is 11.1 Å². The molecule has 4 heteroatoms. The highest BCUT2D eigenvalue weighted by molar-refractivity contribution is 5.90. The molecule has 1 heterocycles. The summed E-state index contributed by atoms with van der Waals surface area (Å²) in [4.78, 5) is 0. The Morgan fingerprint density at radius 2 is 2.00 bits per heavy atom. The molecule has 4 nitrogen and oxygen atoms in total. The lowest BCUT2D eigenvalue weighted by atomic mass is 10.1. The highest BCUT2D eigenvalue weighted by Gasteiger charge is 2.03. The molecule has 0 saturated heterocycles. The first kappa shape index (κ1) is 10.7. The number of aromatic amines is 1. The van der Waals surface area contributed by atoms with Crippen molar-refractivity contribution in [3.63, 3.8) is 0 Å². The summed E-state index contributed by atoms with van der Waals surface area (Å²) in [5.41, 5.74) is 9.91. The fourth-order valence-electron chi connectivity index (χ4n) is 2.01. The zero-order chi connectivity index (χ0) is 12.4. The number of aromatic nitrogens is 2. The van der Waals surface area contributed by atoms with Crippen molar-refractivity contribution in [1.82, 2.24) is 10.2 Å². The summed E-state index contributed by atoms with van der Waals surface area (Å²) < 4.78 is 0. The maximum Gasteiger partial charge on any atom is 0.0671 e. The van der Waals surface area contributed by atoms with Crippen LogP contribution >= 0.6 is 0 Å². The predicted molar refractivity (Wildman–Crippen MR) is 74.3 cm³/mol. The van der Waals surface area contributed by atoms with Gasteiger partial charge in [-0.1, -0.05) is 24.3 Å². The van der Waals surface area contributed by atoms with Gasteiger partial charge in [-0.2, -0.15) is 5.10 Å². The molecule has 0 atom stereocenters. The van der Waals surface area contributed by atoms with Crippen molar-refractivity contribution < 1.29 is 0 Å². The number of nitrogen functional groups attached to an aromatic ring is 1. The van der Waals surface area contributed by atoms with Gasteiger partial charge in [-0.25, -0.2) is 0 Å². The Hall–Kier alpha value is -2.49. The van der Waals surface area contributed by atoms with Gasteiger partial charge in [-0.05, 0) is 23.8 Å². The van der Waals surface area contributed by atoms with Gasteiger partial charge in [-0.3, -0.25) is 5.10 Å². The summed E-state index contributed by atoms with van der Waals surface area (Å²) in [6, 6.07) is 13.9. The van der Waals surface area contributed by atoms with Crippen molar-refractivity contribution in [1.29, 1.82) is 0 Å². The molecule has 90 valence electrons. The van der Waals surface area contributed by atoms with E-state index in [0.717, 1.165) is 27.8 Å². The third-order valence-electron chi connectivity index (χ3n) is 3.01. The van der Waals surface area contributed by atoms with Gasteiger partial charge in [0, 0.05) is 23.3 Å².